The Kier molecular flexibility index (Phi) is 4.56. The molecule has 3 N–H and O–H groups in total. The third-order valence-electron chi connectivity index (χ3n) is 2.09. The van der Waals surface area contributed by atoms with Crippen LogP contribution in [0.1, 0.15) is 5.56 Å². The van der Waals surface area contributed by atoms with Gasteiger partial charge in [-0.3, -0.25) is 9.88 Å². The van der Waals surface area contributed by atoms with Gasteiger partial charge in [0.25, 0.3) is 0 Å². The second-order valence-corrected chi connectivity index (χ2v) is 3.43. The minimum absolute atomic E-state index is 0.229. The Morgan fingerprint density at radius 3 is 2.80 bits per heavy atom. The van der Waals surface area contributed by atoms with E-state index in [9.17, 15) is 0 Å². The first-order chi connectivity index (χ1) is 7.22. The van der Waals surface area contributed by atoms with Crippen molar-refractivity contribution >= 4 is 5.84 Å². The van der Waals surface area contributed by atoms with Gasteiger partial charge in [-0.05, 0) is 31.2 Å². The summed E-state index contributed by atoms with van der Waals surface area (Å²) in [5.74, 6) is 0.229. The summed E-state index contributed by atoms with van der Waals surface area (Å²) in [6.07, 6.45) is 4.48. The zero-order valence-corrected chi connectivity index (χ0v) is 8.80. The number of nitrogens with zero attached hydrogens (tertiary/aromatic N) is 3. The summed E-state index contributed by atoms with van der Waals surface area (Å²) in [4.78, 5) is 5.94. The van der Waals surface area contributed by atoms with Crippen LogP contribution >= 0.6 is 0 Å². The molecular formula is C10H16N4O. The number of hydrogen-bond donors (Lipinski definition) is 2. The van der Waals surface area contributed by atoms with E-state index >= 15 is 0 Å². The molecule has 1 rings (SSSR count). The van der Waals surface area contributed by atoms with Gasteiger partial charge in [-0.1, -0.05) is 5.16 Å². The molecule has 1 heterocycles. The Morgan fingerprint density at radius 2 is 2.20 bits per heavy atom. The van der Waals surface area contributed by atoms with Crippen molar-refractivity contribution < 1.29 is 5.21 Å². The van der Waals surface area contributed by atoms with Crippen molar-refractivity contribution in [2.24, 2.45) is 10.9 Å². The number of nitrogens with two attached hydrogens (primary N) is 1. The highest BCUT2D eigenvalue weighted by Gasteiger charge is 2.01. The molecule has 5 heteroatoms. The lowest BCUT2D eigenvalue weighted by molar-refractivity contribution is 0.310. The van der Waals surface area contributed by atoms with Crippen LogP contribution in [0, 0.1) is 0 Å². The number of hydrogen-bond acceptors (Lipinski definition) is 4. The van der Waals surface area contributed by atoms with E-state index in [1.165, 1.54) is 5.56 Å². The van der Waals surface area contributed by atoms with E-state index in [4.69, 9.17) is 10.9 Å². The number of oxime groups is 1. The smallest absolute Gasteiger partial charge is 0.153 e. The molecule has 0 radical (unpaired) electrons. The average molecular weight is 208 g/mol. The fourth-order valence-corrected chi connectivity index (χ4v) is 1.26. The Morgan fingerprint density at radius 1 is 1.53 bits per heavy atom. The molecule has 0 saturated carbocycles. The molecule has 0 aliphatic heterocycles. The second kappa shape index (κ2) is 5.98. The molecule has 0 aliphatic carbocycles. The first kappa shape index (κ1) is 11.5. The lowest BCUT2D eigenvalue weighted by atomic mass is 10.2. The van der Waals surface area contributed by atoms with E-state index < -0.39 is 0 Å². The van der Waals surface area contributed by atoms with Gasteiger partial charge in [0.15, 0.2) is 5.84 Å². The molecule has 15 heavy (non-hydrogen) atoms. The summed E-state index contributed by atoms with van der Waals surface area (Å²) in [5.41, 5.74) is 6.62. The van der Waals surface area contributed by atoms with Crippen LogP contribution in [0.4, 0.5) is 0 Å². The molecule has 82 valence electrons. The van der Waals surface area contributed by atoms with Crippen molar-refractivity contribution in [2.75, 3.05) is 20.1 Å². The third-order valence-corrected chi connectivity index (χ3v) is 2.09. The van der Waals surface area contributed by atoms with Crippen LogP contribution in [0.25, 0.3) is 0 Å². The predicted molar refractivity (Wildman–Crippen MR) is 58.8 cm³/mol. The van der Waals surface area contributed by atoms with Gasteiger partial charge in [-0.15, -0.1) is 0 Å². The lowest BCUT2D eigenvalue weighted by Crippen LogP contribution is -2.32. The monoisotopic (exact) mass is 208 g/mol. The van der Waals surface area contributed by atoms with Gasteiger partial charge in [0.1, 0.15) is 0 Å². The summed E-state index contributed by atoms with van der Waals surface area (Å²) in [6, 6.07) is 3.97. The Bertz CT molecular complexity index is 312. The van der Waals surface area contributed by atoms with E-state index in [1.54, 1.807) is 12.4 Å². The Labute approximate surface area is 89.2 Å². The van der Waals surface area contributed by atoms with Gasteiger partial charge < -0.3 is 10.9 Å². The summed E-state index contributed by atoms with van der Waals surface area (Å²) in [5, 5.41) is 11.3. The second-order valence-electron chi connectivity index (χ2n) is 3.43. The van der Waals surface area contributed by atoms with Gasteiger partial charge in [-0.2, -0.15) is 0 Å². The summed E-state index contributed by atoms with van der Waals surface area (Å²) >= 11 is 0. The molecule has 0 spiro atoms. The number of amidine groups is 1. The number of likely N-dealkylation sites (N-methyl/N-ethyl adjacent to an activating group) is 1. The molecule has 0 fully saturated rings. The summed E-state index contributed by atoms with van der Waals surface area (Å²) in [7, 11) is 1.93. The van der Waals surface area contributed by atoms with Crippen LogP contribution in [-0.2, 0) is 6.42 Å². The molecule has 0 aliphatic rings. The average Bonchev–Trinajstić information content (AvgIpc) is 2.27. The quantitative estimate of drug-likeness (QED) is 0.316. The number of pyridine rings is 1. The van der Waals surface area contributed by atoms with E-state index in [2.05, 4.69) is 10.1 Å². The Balaban J connectivity index is 2.31. The minimum atomic E-state index is 0.229. The standard InChI is InChI=1S/C10H16N4O/c1-14(8-10(11)13-15)7-4-9-2-5-12-6-3-9/h2-3,5-6,15H,4,7-8H2,1H3,(H2,11,13). The molecule has 0 saturated heterocycles. The fraction of sp³-hybridized carbons (Fsp3) is 0.400. The van der Waals surface area contributed by atoms with Gasteiger partial charge >= 0.3 is 0 Å². The third kappa shape index (κ3) is 4.42. The summed E-state index contributed by atoms with van der Waals surface area (Å²) < 4.78 is 0. The minimum Gasteiger partial charge on any atom is -0.409 e. The molecule has 0 unspecified atom stereocenters. The van der Waals surface area contributed by atoms with Crippen molar-refractivity contribution in [3.05, 3.63) is 30.1 Å². The largest absolute Gasteiger partial charge is 0.409 e. The molecule has 1 aromatic heterocycles. The topological polar surface area (TPSA) is 74.7 Å². The van der Waals surface area contributed by atoms with Crippen LogP contribution in [0.5, 0.6) is 0 Å². The highest BCUT2D eigenvalue weighted by atomic mass is 16.4. The van der Waals surface area contributed by atoms with Crippen molar-refractivity contribution in [3.63, 3.8) is 0 Å². The lowest BCUT2D eigenvalue weighted by Gasteiger charge is -2.15. The van der Waals surface area contributed by atoms with Crippen LogP contribution in [0.3, 0.4) is 0 Å². The molecule has 0 aromatic carbocycles. The van der Waals surface area contributed by atoms with E-state index in [1.807, 2.05) is 24.1 Å². The number of aromatic nitrogens is 1. The maximum atomic E-state index is 8.40. The fourth-order valence-electron chi connectivity index (χ4n) is 1.26. The van der Waals surface area contributed by atoms with Crippen molar-refractivity contribution in [3.8, 4) is 0 Å². The van der Waals surface area contributed by atoms with Gasteiger partial charge in [0.2, 0.25) is 0 Å². The highest BCUT2D eigenvalue weighted by Crippen LogP contribution is 1.98. The maximum Gasteiger partial charge on any atom is 0.153 e. The van der Waals surface area contributed by atoms with Crippen molar-refractivity contribution in [1.29, 1.82) is 0 Å². The van der Waals surface area contributed by atoms with Gasteiger partial charge in [-0.25, -0.2) is 0 Å². The first-order valence-corrected chi connectivity index (χ1v) is 4.76. The van der Waals surface area contributed by atoms with Crippen molar-refractivity contribution in [2.45, 2.75) is 6.42 Å². The number of rotatable bonds is 5. The molecular weight excluding hydrogens is 192 g/mol. The van der Waals surface area contributed by atoms with Crippen LogP contribution in [0.15, 0.2) is 29.7 Å². The molecule has 5 nitrogen and oxygen atoms in total. The normalized spacial score (nSPS) is 12.0. The Hall–Kier alpha value is -1.62. The SMILES string of the molecule is CN(CCc1ccncc1)CC(N)=NO. The molecule has 0 atom stereocenters. The van der Waals surface area contributed by atoms with Gasteiger partial charge in [0.05, 0.1) is 6.54 Å². The zero-order valence-electron chi connectivity index (χ0n) is 8.80. The molecule has 1 aromatic rings. The molecule has 0 bridgehead atoms. The van der Waals surface area contributed by atoms with Crippen LogP contribution < -0.4 is 5.73 Å². The zero-order chi connectivity index (χ0) is 11.1. The van der Waals surface area contributed by atoms with Crippen LogP contribution in [-0.4, -0.2) is 41.1 Å². The van der Waals surface area contributed by atoms with Crippen molar-refractivity contribution in [1.82, 2.24) is 9.88 Å². The van der Waals surface area contributed by atoms with Gasteiger partial charge in [0, 0.05) is 18.9 Å². The van der Waals surface area contributed by atoms with Crippen LogP contribution in [0.2, 0.25) is 0 Å². The van der Waals surface area contributed by atoms with E-state index in [-0.39, 0.29) is 5.84 Å². The summed E-state index contributed by atoms with van der Waals surface area (Å²) in [6.45, 7) is 1.34. The predicted octanol–water partition coefficient (Wildman–Crippen LogP) is 0.302. The van der Waals surface area contributed by atoms with E-state index in [0.717, 1.165) is 13.0 Å². The van der Waals surface area contributed by atoms with E-state index in [0.29, 0.717) is 6.54 Å². The molecule has 0 amide bonds. The maximum absolute atomic E-state index is 8.40. The first-order valence-electron chi connectivity index (χ1n) is 4.76. The highest BCUT2D eigenvalue weighted by molar-refractivity contribution is 5.81.